The third kappa shape index (κ3) is 5.92. The van der Waals surface area contributed by atoms with Gasteiger partial charge in [0.25, 0.3) is 11.7 Å². The number of rotatable bonds is 12. The molecule has 1 fully saturated rings. The predicted molar refractivity (Wildman–Crippen MR) is 137 cm³/mol. The monoisotopic (exact) mass is 478 g/mol. The van der Waals surface area contributed by atoms with Crippen molar-refractivity contribution in [2.75, 3.05) is 39.9 Å². The van der Waals surface area contributed by atoms with Gasteiger partial charge in [0.05, 0.1) is 18.7 Å². The molecule has 0 radical (unpaired) electrons. The minimum Gasteiger partial charge on any atom is -0.507 e. The molecular formula is C28H34N2O5. The summed E-state index contributed by atoms with van der Waals surface area (Å²) in [4.78, 5) is 30.1. The summed E-state index contributed by atoms with van der Waals surface area (Å²) in [5.41, 5.74) is 1.26. The van der Waals surface area contributed by atoms with Crippen LogP contribution >= 0.6 is 0 Å². The summed E-state index contributed by atoms with van der Waals surface area (Å²) >= 11 is 0. The number of benzene rings is 2. The smallest absolute Gasteiger partial charge is 0.295 e. The Labute approximate surface area is 207 Å². The van der Waals surface area contributed by atoms with Crippen LogP contribution in [0.25, 0.3) is 5.76 Å². The summed E-state index contributed by atoms with van der Waals surface area (Å²) in [7, 11) is 1.56. The number of likely N-dealkylation sites (tertiary alicyclic amines) is 1. The van der Waals surface area contributed by atoms with E-state index in [1.807, 2.05) is 12.1 Å². The van der Waals surface area contributed by atoms with Gasteiger partial charge in [-0.05, 0) is 68.0 Å². The summed E-state index contributed by atoms with van der Waals surface area (Å²) in [5.74, 6) is -0.198. The number of ether oxygens (including phenoxy) is 2. The van der Waals surface area contributed by atoms with Gasteiger partial charge in [-0.15, -0.1) is 0 Å². The van der Waals surface area contributed by atoms with Crippen LogP contribution in [-0.4, -0.2) is 66.5 Å². The lowest BCUT2D eigenvalue weighted by molar-refractivity contribution is -0.140. The minimum absolute atomic E-state index is 0.0859. The first-order valence-electron chi connectivity index (χ1n) is 11.9. The van der Waals surface area contributed by atoms with Crippen molar-refractivity contribution in [3.05, 3.63) is 77.9 Å². The van der Waals surface area contributed by atoms with E-state index in [2.05, 4.69) is 25.3 Å². The Hall–Kier alpha value is -3.58. The summed E-state index contributed by atoms with van der Waals surface area (Å²) in [6.07, 6.45) is 2.38. The molecule has 1 atom stereocenters. The Kier molecular flexibility index (Phi) is 9.09. The zero-order valence-corrected chi connectivity index (χ0v) is 20.7. The zero-order valence-electron chi connectivity index (χ0n) is 20.7. The van der Waals surface area contributed by atoms with E-state index in [-0.39, 0.29) is 11.3 Å². The predicted octanol–water partition coefficient (Wildman–Crippen LogP) is 4.41. The zero-order chi connectivity index (χ0) is 25.4. The highest BCUT2D eigenvalue weighted by Gasteiger charge is 2.45. The van der Waals surface area contributed by atoms with Crippen LogP contribution in [0.3, 0.4) is 0 Å². The van der Waals surface area contributed by atoms with Gasteiger partial charge in [-0.25, -0.2) is 0 Å². The second kappa shape index (κ2) is 12.2. The Morgan fingerprint density at radius 3 is 2.26 bits per heavy atom. The second-order valence-corrected chi connectivity index (χ2v) is 8.27. The van der Waals surface area contributed by atoms with Gasteiger partial charge < -0.3 is 24.4 Å². The Morgan fingerprint density at radius 2 is 1.69 bits per heavy atom. The molecule has 1 aliphatic rings. The Balaban J connectivity index is 2.00. The summed E-state index contributed by atoms with van der Waals surface area (Å²) in [6, 6.07) is 13.3. The van der Waals surface area contributed by atoms with Crippen molar-refractivity contribution in [2.24, 2.45) is 0 Å². The topological polar surface area (TPSA) is 79.3 Å². The first-order chi connectivity index (χ1) is 16.9. The third-order valence-electron chi connectivity index (χ3n) is 6.23. The van der Waals surface area contributed by atoms with Gasteiger partial charge in [0.1, 0.15) is 23.9 Å². The number of methoxy groups -OCH3 is 1. The van der Waals surface area contributed by atoms with Gasteiger partial charge >= 0.3 is 0 Å². The van der Waals surface area contributed by atoms with E-state index < -0.39 is 17.7 Å². The minimum atomic E-state index is -0.692. The van der Waals surface area contributed by atoms with Crippen molar-refractivity contribution >= 4 is 17.4 Å². The number of hydrogen-bond acceptors (Lipinski definition) is 6. The first kappa shape index (κ1) is 26.0. The highest BCUT2D eigenvalue weighted by molar-refractivity contribution is 6.46. The first-order valence-corrected chi connectivity index (χ1v) is 11.9. The molecule has 35 heavy (non-hydrogen) atoms. The number of ketones is 1. The van der Waals surface area contributed by atoms with Crippen LogP contribution in [0.4, 0.5) is 0 Å². The third-order valence-corrected chi connectivity index (χ3v) is 6.23. The molecule has 1 aliphatic heterocycles. The van der Waals surface area contributed by atoms with E-state index in [0.29, 0.717) is 36.6 Å². The van der Waals surface area contributed by atoms with Crippen LogP contribution in [0.15, 0.2) is 66.8 Å². The molecule has 2 aromatic carbocycles. The lowest BCUT2D eigenvalue weighted by Crippen LogP contribution is -2.33. The Morgan fingerprint density at radius 1 is 1.06 bits per heavy atom. The standard InChI is InChI=1S/C28H34N2O5/c1-5-19-35-23-15-9-20(10-16-23)25-24(26(31)21-11-13-22(34-4)14-12-21)27(32)28(33)30(25)18-8-17-29(6-2)7-3/h5,9-16,25,31H,1,6-8,17-19H2,2-4H3/b26-24+/t25-/m1/s1. The van der Waals surface area contributed by atoms with E-state index >= 15 is 0 Å². The van der Waals surface area contributed by atoms with Crippen LogP contribution in [0, 0.1) is 0 Å². The number of aliphatic hydroxyl groups excluding tert-OH is 1. The molecular weight excluding hydrogens is 444 g/mol. The van der Waals surface area contributed by atoms with Crippen molar-refractivity contribution in [1.29, 1.82) is 0 Å². The highest BCUT2D eigenvalue weighted by Crippen LogP contribution is 2.40. The number of nitrogens with zero attached hydrogens (tertiary/aromatic N) is 2. The molecule has 1 N–H and O–H groups in total. The molecule has 186 valence electrons. The molecule has 0 aliphatic carbocycles. The average Bonchev–Trinajstić information content (AvgIpc) is 3.14. The van der Waals surface area contributed by atoms with Crippen molar-refractivity contribution in [3.8, 4) is 11.5 Å². The fourth-order valence-electron chi connectivity index (χ4n) is 4.27. The molecule has 0 aromatic heterocycles. The molecule has 3 rings (SSSR count). The largest absolute Gasteiger partial charge is 0.507 e. The molecule has 0 spiro atoms. The van der Waals surface area contributed by atoms with Crippen LogP contribution in [0.1, 0.15) is 37.4 Å². The highest BCUT2D eigenvalue weighted by atomic mass is 16.5. The maximum Gasteiger partial charge on any atom is 0.295 e. The van der Waals surface area contributed by atoms with Crippen molar-refractivity contribution in [2.45, 2.75) is 26.3 Å². The molecule has 1 heterocycles. The van der Waals surface area contributed by atoms with Crippen molar-refractivity contribution < 1.29 is 24.2 Å². The van der Waals surface area contributed by atoms with E-state index in [4.69, 9.17) is 9.47 Å². The fraction of sp³-hybridized carbons (Fsp3) is 0.357. The molecule has 7 nitrogen and oxygen atoms in total. The van der Waals surface area contributed by atoms with Crippen molar-refractivity contribution in [1.82, 2.24) is 9.80 Å². The normalized spacial score (nSPS) is 17.1. The fourth-order valence-corrected chi connectivity index (χ4v) is 4.27. The van der Waals surface area contributed by atoms with Gasteiger partial charge in [0, 0.05) is 12.1 Å². The van der Waals surface area contributed by atoms with Gasteiger partial charge in [-0.3, -0.25) is 9.59 Å². The molecule has 0 saturated carbocycles. The van der Waals surface area contributed by atoms with Crippen LogP contribution in [0.5, 0.6) is 11.5 Å². The van der Waals surface area contributed by atoms with Crippen LogP contribution in [0.2, 0.25) is 0 Å². The number of Topliss-reactive ketones (excluding diaryl/α,β-unsaturated/α-hetero) is 1. The molecule has 1 amide bonds. The molecule has 7 heteroatoms. The number of hydrogen-bond donors (Lipinski definition) is 1. The maximum absolute atomic E-state index is 13.2. The molecule has 0 bridgehead atoms. The van der Waals surface area contributed by atoms with Crippen molar-refractivity contribution in [3.63, 3.8) is 0 Å². The van der Waals surface area contributed by atoms with E-state index in [1.165, 1.54) is 0 Å². The number of amides is 1. The summed E-state index contributed by atoms with van der Waals surface area (Å²) < 4.78 is 10.8. The van der Waals surface area contributed by atoms with Gasteiger partial charge in [-0.2, -0.15) is 0 Å². The molecule has 2 aromatic rings. The van der Waals surface area contributed by atoms with Gasteiger partial charge in [0.15, 0.2) is 0 Å². The van der Waals surface area contributed by atoms with Gasteiger partial charge in [0.2, 0.25) is 0 Å². The van der Waals surface area contributed by atoms with Crippen LogP contribution in [-0.2, 0) is 9.59 Å². The van der Waals surface area contributed by atoms with E-state index in [0.717, 1.165) is 25.2 Å². The quantitative estimate of drug-likeness (QED) is 0.211. The number of aliphatic hydroxyl groups is 1. The van der Waals surface area contributed by atoms with E-state index in [9.17, 15) is 14.7 Å². The summed E-state index contributed by atoms with van der Waals surface area (Å²) in [5, 5.41) is 11.2. The van der Waals surface area contributed by atoms with E-state index in [1.54, 1.807) is 54.5 Å². The van der Waals surface area contributed by atoms with Crippen LogP contribution < -0.4 is 9.47 Å². The number of carbonyl (C=O) groups is 2. The van der Waals surface area contributed by atoms with Gasteiger partial charge in [-0.1, -0.05) is 38.6 Å². The molecule has 1 saturated heterocycles. The maximum atomic E-state index is 13.2. The lowest BCUT2D eigenvalue weighted by atomic mass is 9.95. The summed E-state index contributed by atoms with van der Waals surface area (Å²) in [6.45, 7) is 11.3. The molecule has 0 unspecified atom stereocenters. The second-order valence-electron chi connectivity index (χ2n) is 8.27. The lowest BCUT2D eigenvalue weighted by Gasteiger charge is -2.27. The number of carbonyl (C=O) groups excluding carboxylic acids is 2. The SMILES string of the molecule is C=CCOc1ccc([C@@H]2/C(=C(\O)c3ccc(OC)cc3)C(=O)C(=O)N2CCCN(CC)CC)cc1. The average molecular weight is 479 g/mol. The Bertz CT molecular complexity index is 1060.